The third kappa shape index (κ3) is 4.27. The number of fused-ring (bicyclic) bond motifs is 1. The molecular formula is C21H25F3N5O5S+. The van der Waals surface area contributed by atoms with E-state index in [2.05, 4.69) is 10.2 Å². The number of thioether (sulfide) groups is 1. The highest BCUT2D eigenvalue weighted by molar-refractivity contribution is 8.17. The highest BCUT2D eigenvalue weighted by atomic mass is 32.2. The van der Waals surface area contributed by atoms with Crippen molar-refractivity contribution in [3.63, 3.8) is 0 Å². The molecule has 1 aromatic heterocycles. The number of alkyl halides is 3. The lowest BCUT2D eigenvalue weighted by Crippen LogP contribution is -2.54. The first kappa shape index (κ1) is 25.4. The zero-order chi connectivity index (χ0) is 26.0. The van der Waals surface area contributed by atoms with Crippen LogP contribution in [-0.2, 0) is 27.0 Å². The van der Waals surface area contributed by atoms with Gasteiger partial charge in [0, 0.05) is 22.6 Å². The Bertz CT molecular complexity index is 1190. The lowest BCUT2D eigenvalue weighted by atomic mass is 9.93. The maximum absolute atomic E-state index is 13.6. The van der Waals surface area contributed by atoms with Gasteiger partial charge >= 0.3 is 18.1 Å². The second-order valence-electron chi connectivity index (χ2n) is 9.32. The first-order valence-corrected chi connectivity index (χ1v) is 11.6. The van der Waals surface area contributed by atoms with Crippen LogP contribution < -0.4 is 0 Å². The fourth-order valence-corrected chi connectivity index (χ4v) is 5.79. The lowest BCUT2D eigenvalue weighted by molar-refractivity contribution is -0.470. The van der Waals surface area contributed by atoms with E-state index >= 15 is 0 Å². The maximum Gasteiger partial charge on any atom is 0.501 e. The predicted molar refractivity (Wildman–Crippen MR) is 117 cm³/mol. The van der Waals surface area contributed by atoms with Crippen molar-refractivity contribution in [3.8, 4) is 0 Å². The molecule has 14 heteroatoms. The summed E-state index contributed by atoms with van der Waals surface area (Å²) in [5, 5.41) is 17.2. The third-order valence-electron chi connectivity index (χ3n) is 6.04. The number of hydroxylamine groups is 2. The summed E-state index contributed by atoms with van der Waals surface area (Å²) in [7, 11) is 1.29. The zero-order valence-corrected chi connectivity index (χ0v) is 20.5. The van der Waals surface area contributed by atoms with Crippen molar-refractivity contribution in [1.82, 2.24) is 20.2 Å². The first-order chi connectivity index (χ1) is 16.1. The minimum atomic E-state index is -4.74. The molecule has 1 saturated heterocycles. The van der Waals surface area contributed by atoms with E-state index in [1.807, 2.05) is 0 Å². The molecule has 0 aliphatic carbocycles. The summed E-state index contributed by atoms with van der Waals surface area (Å²) in [6.45, 7) is 6.01. The zero-order valence-electron chi connectivity index (χ0n) is 19.7. The number of nitrogens with one attached hydrogen (secondary N) is 1. The van der Waals surface area contributed by atoms with Crippen molar-refractivity contribution >= 4 is 34.7 Å². The molecule has 10 nitrogen and oxygen atoms in total. The van der Waals surface area contributed by atoms with Gasteiger partial charge in [-0.15, -0.1) is 0 Å². The van der Waals surface area contributed by atoms with Crippen LogP contribution in [0.25, 0.3) is 0 Å². The van der Waals surface area contributed by atoms with Crippen molar-refractivity contribution < 1.29 is 42.1 Å². The van der Waals surface area contributed by atoms with Gasteiger partial charge in [-0.3, -0.25) is 14.7 Å². The van der Waals surface area contributed by atoms with Crippen LogP contribution in [0.4, 0.5) is 18.0 Å². The Morgan fingerprint density at radius 2 is 2.06 bits per heavy atom. The highest BCUT2D eigenvalue weighted by Gasteiger charge is 2.56. The highest BCUT2D eigenvalue weighted by Crippen LogP contribution is 2.45. The minimum Gasteiger partial charge on any atom is -0.386 e. The van der Waals surface area contributed by atoms with Crippen LogP contribution in [0.3, 0.4) is 0 Å². The van der Waals surface area contributed by atoms with Crippen molar-refractivity contribution in [2.45, 2.75) is 51.9 Å². The molecule has 0 aromatic carbocycles. The van der Waals surface area contributed by atoms with Crippen LogP contribution in [0.1, 0.15) is 37.7 Å². The second kappa shape index (κ2) is 8.45. The number of H-pyrrole nitrogens is 1. The Morgan fingerprint density at radius 1 is 1.40 bits per heavy atom. The number of hydrogen-bond acceptors (Lipinski definition) is 7. The summed E-state index contributed by atoms with van der Waals surface area (Å²) >= 11 is 0.941. The molecule has 4 heterocycles. The summed E-state index contributed by atoms with van der Waals surface area (Å²) in [6.07, 6.45) is -5.08. The molecule has 190 valence electrons. The number of urea groups is 1. The van der Waals surface area contributed by atoms with Gasteiger partial charge in [-0.2, -0.15) is 32.5 Å². The number of carbonyl (C=O) groups excluding carboxylic acids is 3. The van der Waals surface area contributed by atoms with Gasteiger partial charge in [0.1, 0.15) is 12.2 Å². The van der Waals surface area contributed by atoms with E-state index in [9.17, 15) is 32.7 Å². The number of rotatable bonds is 4. The Labute approximate surface area is 202 Å². The molecule has 4 amide bonds. The van der Waals surface area contributed by atoms with E-state index in [0.717, 1.165) is 21.7 Å². The fourth-order valence-electron chi connectivity index (χ4n) is 4.28. The Hall–Kier alpha value is -2.71. The number of imide groups is 1. The van der Waals surface area contributed by atoms with Crippen LogP contribution >= 0.6 is 11.8 Å². The minimum absolute atomic E-state index is 0.0774. The third-order valence-corrected chi connectivity index (χ3v) is 7.29. The van der Waals surface area contributed by atoms with E-state index in [0.29, 0.717) is 0 Å². The van der Waals surface area contributed by atoms with Crippen molar-refractivity contribution in [1.29, 1.82) is 0 Å². The molecular weight excluding hydrogens is 491 g/mol. The number of amides is 4. The van der Waals surface area contributed by atoms with E-state index in [1.54, 1.807) is 13.8 Å². The average molecular weight is 517 g/mol. The Balaban J connectivity index is 1.88. The molecule has 3 aliphatic heterocycles. The number of halogens is 3. The Morgan fingerprint density at radius 3 is 2.60 bits per heavy atom. The van der Waals surface area contributed by atoms with Gasteiger partial charge in [0.05, 0.1) is 25.2 Å². The molecule has 4 rings (SSSR count). The van der Waals surface area contributed by atoms with Crippen LogP contribution in [-0.4, -0.2) is 84.6 Å². The number of hydrogen-bond donors (Lipinski definition) is 2. The topological polar surface area (TPSA) is 119 Å². The van der Waals surface area contributed by atoms with Crippen molar-refractivity contribution in [2.75, 3.05) is 20.2 Å². The van der Waals surface area contributed by atoms with Gasteiger partial charge in [0.15, 0.2) is 16.7 Å². The summed E-state index contributed by atoms with van der Waals surface area (Å²) in [4.78, 5) is 46.1. The number of carbonyl (C=O) groups is 3. The number of β-amino-alcohol motifs (C(OH)–C–C–N with tert-alkyl or cyclic N) is 1. The molecule has 2 N–H and O–H groups in total. The van der Waals surface area contributed by atoms with E-state index in [-0.39, 0.29) is 52.4 Å². The number of aromatic amines is 1. The molecule has 1 unspecified atom stereocenters. The molecule has 0 spiro atoms. The Kier molecular flexibility index (Phi) is 6.13. The summed E-state index contributed by atoms with van der Waals surface area (Å²) < 4.78 is 42.2. The van der Waals surface area contributed by atoms with E-state index < -0.39 is 41.2 Å². The fraction of sp³-hybridized carbons (Fsp3) is 0.571. The number of nitrogens with zero attached hydrogens (tertiary/aromatic N) is 4. The molecule has 0 saturated carbocycles. The number of allylic oxidation sites excluding steroid dienone is 1. The SMILES string of the molecule is Cc1[nH]nc(C(F)(F)F)c1CC1=C(C(=O)N2C[C@](C)(O)CO2)C2C(=O)N(C)C(=O)[N+](C(C)C)=C2S1. The quantitative estimate of drug-likeness (QED) is 0.586. The largest absolute Gasteiger partial charge is 0.501 e. The summed E-state index contributed by atoms with van der Waals surface area (Å²) in [5.41, 5.74) is -2.52. The molecule has 0 bridgehead atoms. The summed E-state index contributed by atoms with van der Waals surface area (Å²) in [6, 6.07) is -0.975. The number of aromatic nitrogens is 2. The van der Waals surface area contributed by atoms with E-state index in [1.165, 1.54) is 25.5 Å². The molecule has 0 radical (unpaired) electrons. The smallest absolute Gasteiger partial charge is 0.386 e. The number of aryl methyl sites for hydroxylation is 1. The molecule has 35 heavy (non-hydrogen) atoms. The van der Waals surface area contributed by atoms with E-state index in [4.69, 9.17) is 4.84 Å². The second-order valence-corrected chi connectivity index (χ2v) is 10.4. The van der Waals surface area contributed by atoms with Crippen molar-refractivity contribution in [2.24, 2.45) is 5.92 Å². The van der Waals surface area contributed by atoms with Crippen LogP contribution in [0.5, 0.6) is 0 Å². The first-order valence-electron chi connectivity index (χ1n) is 10.8. The predicted octanol–water partition coefficient (Wildman–Crippen LogP) is 1.83. The molecule has 1 aromatic rings. The van der Waals surface area contributed by atoms with Gasteiger partial charge < -0.3 is 5.11 Å². The van der Waals surface area contributed by atoms with Crippen LogP contribution in [0.2, 0.25) is 0 Å². The number of aliphatic hydroxyl groups is 1. The van der Waals surface area contributed by atoms with Crippen molar-refractivity contribution in [3.05, 3.63) is 27.4 Å². The molecule has 3 aliphatic rings. The normalized spacial score (nSPS) is 25.5. The van der Waals surface area contributed by atoms with Gasteiger partial charge in [0.25, 0.3) is 5.91 Å². The maximum atomic E-state index is 13.6. The van der Waals surface area contributed by atoms with Gasteiger partial charge in [-0.25, -0.2) is 9.86 Å². The van der Waals surface area contributed by atoms with Gasteiger partial charge in [-0.05, 0) is 27.7 Å². The monoisotopic (exact) mass is 516 g/mol. The average Bonchev–Trinajstić information content (AvgIpc) is 3.41. The van der Waals surface area contributed by atoms with Crippen LogP contribution in [0.15, 0.2) is 10.5 Å². The van der Waals surface area contributed by atoms with Gasteiger partial charge in [0.2, 0.25) is 0 Å². The summed E-state index contributed by atoms with van der Waals surface area (Å²) in [5.74, 6) is -2.61. The van der Waals surface area contributed by atoms with Gasteiger partial charge in [-0.1, -0.05) is 11.8 Å². The van der Waals surface area contributed by atoms with Crippen LogP contribution in [0, 0.1) is 12.8 Å². The molecule has 1 fully saturated rings. The molecule has 2 atom stereocenters. The lowest BCUT2D eigenvalue weighted by Gasteiger charge is -2.26. The standard InChI is InChI=1S/C21H25F3N5O5S/c1-9(2)29-18-14(16(30)27(5)19(29)32)13(17(31)28-7-20(4,33)8-34-28)12(35-18)6-11-10(3)25-26-15(11)21(22,23)24/h9,14,33H,6-8H2,1-5H3,(H,25,26)/q+1/t14?,20-/m0/s1.